The first kappa shape index (κ1) is 15.5. The molecule has 0 aliphatic rings. The van der Waals surface area contributed by atoms with Crippen LogP contribution < -0.4 is 4.74 Å². The number of carboxylic acid groups (broad SMARTS) is 1. The second kappa shape index (κ2) is 6.57. The van der Waals surface area contributed by atoms with Gasteiger partial charge in [0, 0.05) is 24.2 Å². The zero-order chi connectivity index (χ0) is 14.5. The van der Waals surface area contributed by atoms with E-state index in [1.807, 2.05) is 24.3 Å². The molecule has 0 fully saturated rings. The molecule has 1 aromatic rings. The first-order valence-electron chi connectivity index (χ1n) is 6.43. The van der Waals surface area contributed by atoms with Crippen LogP contribution in [0.5, 0.6) is 5.75 Å². The van der Waals surface area contributed by atoms with Crippen LogP contribution in [0.4, 0.5) is 0 Å². The second-order valence-corrected chi connectivity index (χ2v) is 5.55. The molecule has 0 atom stereocenters. The molecule has 0 aliphatic carbocycles. The fraction of sp³-hybridized carbons (Fsp3) is 0.533. The maximum atomic E-state index is 10.8. The Morgan fingerprint density at radius 2 is 1.95 bits per heavy atom. The zero-order valence-corrected chi connectivity index (χ0v) is 12.1. The number of nitrogens with zero attached hydrogens (tertiary/aromatic N) is 1. The van der Waals surface area contributed by atoms with Gasteiger partial charge < -0.3 is 9.84 Å². The largest absolute Gasteiger partial charge is 0.496 e. The Hall–Kier alpha value is -1.55. The van der Waals surface area contributed by atoms with Crippen molar-refractivity contribution in [2.45, 2.75) is 39.3 Å². The average Bonchev–Trinajstić information content (AvgIpc) is 2.33. The summed E-state index contributed by atoms with van der Waals surface area (Å²) in [5.41, 5.74) is 0.987. The smallest absolute Gasteiger partial charge is 0.304 e. The van der Waals surface area contributed by atoms with Gasteiger partial charge in [-0.25, -0.2) is 0 Å². The Bertz CT molecular complexity index is 424. The summed E-state index contributed by atoms with van der Waals surface area (Å²) in [5, 5.41) is 8.84. The van der Waals surface area contributed by atoms with Gasteiger partial charge in [-0.3, -0.25) is 9.69 Å². The summed E-state index contributed by atoms with van der Waals surface area (Å²) < 4.78 is 5.34. The van der Waals surface area contributed by atoms with E-state index in [0.29, 0.717) is 13.1 Å². The number of benzene rings is 1. The van der Waals surface area contributed by atoms with Gasteiger partial charge in [0.25, 0.3) is 0 Å². The molecule has 0 bridgehead atoms. The van der Waals surface area contributed by atoms with E-state index in [-0.39, 0.29) is 12.0 Å². The van der Waals surface area contributed by atoms with Gasteiger partial charge in [-0.2, -0.15) is 0 Å². The summed E-state index contributed by atoms with van der Waals surface area (Å²) >= 11 is 0. The lowest BCUT2D eigenvalue weighted by atomic mass is 10.0. The molecule has 0 spiro atoms. The molecule has 1 rings (SSSR count). The van der Waals surface area contributed by atoms with Crippen LogP contribution in [0.1, 0.15) is 32.8 Å². The standard InChI is InChI=1S/C15H23NO3/c1-15(2,3)16(10-9-14(17)18)11-12-7-5-6-8-13(12)19-4/h5-8H,9-11H2,1-4H3,(H,17,18). The van der Waals surface area contributed by atoms with Crippen molar-refractivity contribution in [1.82, 2.24) is 4.90 Å². The Kier molecular flexibility index (Phi) is 5.36. The van der Waals surface area contributed by atoms with Crippen molar-refractivity contribution in [2.75, 3.05) is 13.7 Å². The van der Waals surface area contributed by atoms with Crippen molar-refractivity contribution in [2.24, 2.45) is 0 Å². The number of methoxy groups -OCH3 is 1. The molecule has 1 aromatic carbocycles. The highest BCUT2D eigenvalue weighted by molar-refractivity contribution is 5.66. The lowest BCUT2D eigenvalue weighted by Crippen LogP contribution is -2.42. The van der Waals surface area contributed by atoms with Crippen molar-refractivity contribution < 1.29 is 14.6 Å². The molecule has 0 heterocycles. The molecule has 19 heavy (non-hydrogen) atoms. The summed E-state index contributed by atoms with van der Waals surface area (Å²) in [7, 11) is 1.65. The minimum Gasteiger partial charge on any atom is -0.496 e. The number of rotatable bonds is 6. The monoisotopic (exact) mass is 265 g/mol. The Labute approximate surface area is 115 Å². The molecule has 106 valence electrons. The van der Waals surface area contributed by atoms with Crippen molar-refractivity contribution in [1.29, 1.82) is 0 Å². The van der Waals surface area contributed by atoms with Crippen LogP contribution in [0, 0.1) is 0 Å². The number of hydrogen-bond donors (Lipinski definition) is 1. The van der Waals surface area contributed by atoms with Crippen molar-refractivity contribution in [3.8, 4) is 5.75 Å². The molecule has 1 N–H and O–H groups in total. The zero-order valence-electron chi connectivity index (χ0n) is 12.1. The molecular weight excluding hydrogens is 242 g/mol. The Morgan fingerprint density at radius 3 is 2.47 bits per heavy atom. The highest BCUT2D eigenvalue weighted by atomic mass is 16.5. The Balaban J connectivity index is 2.85. The molecule has 0 saturated heterocycles. The summed E-state index contributed by atoms with van der Waals surface area (Å²) in [6, 6.07) is 7.84. The third-order valence-corrected chi connectivity index (χ3v) is 3.10. The first-order valence-corrected chi connectivity index (χ1v) is 6.43. The van der Waals surface area contributed by atoms with Gasteiger partial charge in [0.2, 0.25) is 0 Å². The van der Waals surface area contributed by atoms with E-state index in [2.05, 4.69) is 25.7 Å². The quantitative estimate of drug-likeness (QED) is 0.859. The van der Waals surface area contributed by atoms with Crippen LogP contribution in [-0.4, -0.2) is 35.2 Å². The molecule has 0 saturated carbocycles. The van der Waals surface area contributed by atoms with Gasteiger partial charge in [0.05, 0.1) is 13.5 Å². The lowest BCUT2D eigenvalue weighted by molar-refractivity contribution is -0.137. The van der Waals surface area contributed by atoms with E-state index in [0.717, 1.165) is 11.3 Å². The minimum absolute atomic E-state index is 0.0870. The van der Waals surface area contributed by atoms with E-state index < -0.39 is 5.97 Å². The van der Waals surface area contributed by atoms with Crippen molar-refractivity contribution >= 4 is 5.97 Å². The molecule has 4 heteroatoms. The summed E-state index contributed by atoms with van der Waals surface area (Å²) in [6.07, 6.45) is 0.145. The maximum Gasteiger partial charge on any atom is 0.304 e. The Morgan fingerprint density at radius 1 is 1.32 bits per heavy atom. The number of carboxylic acids is 1. The highest BCUT2D eigenvalue weighted by Crippen LogP contribution is 2.23. The second-order valence-electron chi connectivity index (χ2n) is 5.55. The fourth-order valence-electron chi connectivity index (χ4n) is 1.92. The van der Waals surface area contributed by atoms with Gasteiger partial charge in [0.15, 0.2) is 0 Å². The normalized spacial score (nSPS) is 11.6. The number of hydrogen-bond acceptors (Lipinski definition) is 3. The van der Waals surface area contributed by atoms with Gasteiger partial charge >= 0.3 is 5.97 Å². The lowest BCUT2D eigenvalue weighted by Gasteiger charge is -2.35. The van der Waals surface area contributed by atoms with E-state index in [1.54, 1.807) is 7.11 Å². The molecule has 0 amide bonds. The van der Waals surface area contributed by atoms with E-state index in [1.165, 1.54) is 0 Å². The summed E-state index contributed by atoms with van der Waals surface area (Å²) in [4.78, 5) is 12.9. The number of aliphatic carboxylic acids is 1. The summed E-state index contributed by atoms with van der Waals surface area (Å²) in [5.74, 6) is 0.0707. The predicted molar refractivity (Wildman–Crippen MR) is 75.4 cm³/mol. The SMILES string of the molecule is COc1ccccc1CN(CCC(=O)O)C(C)(C)C. The predicted octanol–water partition coefficient (Wildman–Crippen LogP) is 2.77. The fourth-order valence-corrected chi connectivity index (χ4v) is 1.92. The van der Waals surface area contributed by atoms with Crippen LogP contribution in [0.15, 0.2) is 24.3 Å². The molecule has 0 unspecified atom stereocenters. The third kappa shape index (κ3) is 4.91. The van der Waals surface area contributed by atoms with E-state index in [9.17, 15) is 4.79 Å². The number of para-hydroxylation sites is 1. The van der Waals surface area contributed by atoms with Crippen molar-refractivity contribution in [3.05, 3.63) is 29.8 Å². The van der Waals surface area contributed by atoms with Crippen molar-refractivity contribution in [3.63, 3.8) is 0 Å². The summed E-state index contributed by atoms with van der Waals surface area (Å²) in [6.45, 7) is 7.47. The molecular formula is C15H23NO3. The van der Waals surface area contributed by atoms with Gasteiger partial charge in [-0.05, 0) is 26.8 Å². The number of carbonyl (C=O) groups is 1. The minimum atomic E-state index is -0.769. The molecule has 0 aliphatic heterocycles. The topological polar surface area (TPSA) is 49.8 Å². The van der Waals surface area contributed by atoms with E-state index in [4.69, 9.17) is 9.84 Å². The van der Waals surface area contributed by atoms with E-state index >= 15 is 0 Å². The molecule has 0 radical (unpaired) electrons. The van der Waals surface area contributed by atoms with Crippen LogP contribution in [0.25, 0.3) is 0 Å². The van der Waals surface area contributed by atoms with Crippen LogP contribution in [0.2, 0.25) is 0 Å². The van der Waals surface area contributed by atoms with Gasteiger partial charge in [0.1, 0.15) is 5.75 Å². The maximum absolute atomic E-state index is 10.8. The third-order valence-electron chi connectivity index (χ3n) is 3.10. The van der Waals surface area contributed by atoms with Gasteiger partial charge in [-0.15, -0.1) is 0 Å². The van der Waals surface area contributed by atoms with Crippen LogP contribution in [-0.2, 0) is 11.3 Å². The molecule has 4 nitrogen and oxygen atoms in total. The molecule has 0 aromatic heterocycles. The first-order chi connectivity index (χ1) is 8.84. The van der Waals surface area contributed by atoms with Crippen LogP contribution >= 0.6 is 0 Å². The average molecular weight is 265 g/mol. The van der Waals surface area contributed by atoms with Crippen LogP contribution in [0.3, 0.4) is 0 Å². The highest BCUT2D eigenvalue weighted by Gasteiger charge is 2.22. The van der Waals surface area contributed by atoms with Gasteiger partial charge in [-0.1, -0.05) is 18.2 Å². The number of ether oxygens (including phenoxy) is 1.